The van der Waals surface area contributed by atoms with Crippen LogP contribution in [0.5, 0.6) is 0 Å². The minimum atomic E-state index is -1.000. The second-order valence-electron chi connectivity index (χ2n) is 7.81. The molecule has 144 valence electrons. The number of hydrogen-bond donors (Lipinski definition) is 1. The molecule has 0 aromatic carbocycles. The molecule has 4 atom stereocenters. The van der Waals surface area contributed by atoms with Crippen molar-refractivity contribution in [3.63, 3.8) is 0 Å². The lowest BCUT2D eigenvalue weighted by Gasteiger charge is -2.41. The van der Waals surface area contributed by atoms with Crippen molar-refractivity contribution in [1.29, 1.82) is 0 Å². The Bertz CT molecular complexity index is 465. The fourth-order valence-corrected chi connectivity index (χ4v) is 4.22. The molecule has 4 unspecified atom stereocenters. The van der Waals surface area contributed by atoms with Crippen LogP contribution in [-0.2, 0) is 19.1 Å². The average Bonchev–Trinajstić information content (AvgIpc) is 2.59. The van der Waals surface area contributed by atoms with E-state index in [0.717, 1.165) is 19.3 Å². The average molecular weight is 355 g/mol. The smallest absolute Gasteiger partial charge is 0.313 e. The van der Waals surface area contributed by atoms with E-state index in [-0.39, 0.29) is 25.2 Å². The number of rotatable bonds is 7. The van der Waals surface area contributed by atoms with Crippen molar-refractivity contribution >= 4 is 11.9 Å². The molecule has 1 N–H and O–H groups in total. The van der Waals surface area contributed by atoms with Crippen LogP contribution in [0.25, 0.3) is 0 Å². The van der Waals surface area contributed by atoms with Crippen LogP contribution in [0.4, 0.5) is 0 Å². The Labute approximate surface area is 150 Å². The standard InChI is InChI=1S/C19H33NO5/c1-4-16(25-15-8-5-7-14(2)11-15)17(21)20-10-6-9-19(12-20,13-24-3)18(22)23/h14-16H,4-13H2,1-3H3,(H,22,23). The van der Waals surface area contributed by atoms with Crippen molar-refractivity contribution in [3.8, 4) is 0 Å². The van der Waals surface area contributed by atoms with Gasteiger partial charge in [-0.1, -0.05) is 26.7 Å². The van der Waals surface area contributed by atoms with Crippen LogP contribution in [0.3, 0.4) is 0 Å². The van der Waals surface area contributed by atoms with Gasteiger partial charge in [0, 0.05) is 20.2 Å². The van der Waals surface area contributed by atoms with Gasteiger partial charge in [0.25, 0.3) is 5.91 Å². The lowest BCUT2D eigenvalue weighted by Crippen LogP contribution is -2.54. The molecular weight excluding hydrogens is 322 g/mol. The fourth-order valence-electron chi connectivity index (χ4n) is 4.22. The molecule has 0 bridgehead atoms. The number of amides is 1. The number of nitrogens with zero attached hydrogens (tertiary/aromatic N) is 1. The lowest BCUT2D eigenvalue weighted by molar-refractivity contribution is -0.164. The van der Waals surface area contributed by atoms with Gasteiger partial charge in [0.1, 0.15) is 11.5 Å². The van der Waals surface area contributed by atoms with E-state index < -0.39 is 17.5 Å². The Morgan fingerprint density at radius 3 is 2.68 bits per heavy atom. The number of hydrogen-bond acceptors (Lipinski definition) is 4. The molecule has 2 aliphatic rings. The van der Waals surface area contributed by atoms with Gasteiger partial charge in [0.05, 0.1) is 12.7 Å². The Hall–Kier alpha value is -1.14. The van der Waals surface area contributed by atoms with Crippen LogP contribution in [0.2, 0.25) is 0 Å². The van der Waals surface area contributed by atoms with Crippen molar-refractivity contribution in [1.82, 2.24) is 4.90 Å². The Balaban J connectivity index is 2.02. The fraction of sp³-hybridized carbons (Fsp3) is 0.895. The molecule has 0 aromatic heterocycles. The first-order chi connectivity index (χ1) is 11.9. The molecule has 1 heterocycles. The van der Waals surface area contributed by atoms with Gasteiger partial charge in [-0.2, -0.15) is 0 Å². The highest BCUT2D eigenvalue weighted by Crippen LogP contribution is 2.32. The summed E-state index contributed by atoms with van der Waals surface area (Å²) in [6, 6.07) is 0. The van der Waals surface area contributed by atoms with E-state index in [9.17, 15) is 14.7 Å². The summed E-state index contributed by atoms with van der Waals surface area (Å²) in [5.74, 6) is -0.313. The summed E-state index contributed by atoms with van der Waals surface area (Å²) in [7, 11) is 1.51. The number of methoxy groups -OCH3 is 1. The van der Waals surface area contributed by atoms with Gasteiger partial charge >= 0.3 is 5.97 Å². The van der Waals surface area contributed by atoms with E-state index >= 15 is 0 Å². The normalized spacial score (nSPS) is 31.6. The summed E-state index contributed by atoms with van der Waals surface area (Å²) >= 11 is 0. The molecule has 1 saturated carbocycles. The van der Waals surface area contributed by atoms with Gasteiger partial charge in [-0.3, -0.25) is 9.59 Å². The largest absolute Gasteiger partial charge is 0.481 e. The van der Waals surface area contributed by atoms with Gasteiger partial charge in [-0.05, 0) is 38.0 Å². The zero-order valence-electron chi connectivity index (χ0n) is 15.8. The first kappa shape index (κ1) is 20.2. The maximum Gasteiger partial charge on any atom is 0.313 e. The zero-order valence-corrected chi connectivity index (χ0v) is 15.8. The van der Waals surface area contributed by atoms with Crippen molar-refractivity contribution in [3.05, 3.63) is 0 Å². The molecule has 1 saturated heterocycles. The SMILES string of the molecule is CCC(OC1CCCC(C)C1)C(=O)N1CCCC(COC)(C(=O)O)C1. The lowest BCUT2D eigenvalue weighted by atomic mass is 9.80. The number of carboxylic acids is 1. The number of aliphatic carboxylic acids is 1. The molecule has 0 spiro atoms. The van der Waals surface area contributed by atoms with E-state index in [4.69, 9.17) is 9.47 Å². The number of likely N-dealkylation sites (tertiary alicyclic amines) is 1. The van der Waals surface area contributed by atoms with Crippen LogP contribution in [0.1, 0.15) is 58.8 Å². The topological polar surface area (TPSA) is 76.1 Å². The van der Waals surface area contributed by atoms with Crippen LogP contribution in [0.15, 0.2) is 0 Å². The molecule has 1 aliphatic heterocycles. The van der Waals surface area contributed by atoms with Crippen LogP contribution >= 0.6 is 0 Å². The highest BCUT2D eigenvalue weighted by molar-refractivity contribution is 5.83. The molecule has 0 aromatic rings. The molecule has 6 nitrogen and oxygen atoms in total. The van der Waals surface area contributed by atoms with Crippen molar-refractivity contribution in [2.24, 2.45) is 11.3 Å². The van der Waals surface area contributed by atoms with E-state index in [0.29, 0.717) is 31.7 Å². The molecule has 1 amide bonds. The van der Waals surface area contributed by atoms with E-state index in [1.54, 1.807) is 4.90 Å². The number of carbonyl (C=O) groups is 2. The van der Waals surface area contributed by atoms with Crippen LogP contribution in [-0.4, -0.2) is 60.9 Å². The Morgan fingerprint density at radius 2 is 2.08 bits per heavy atom. The first-order valence-electron chi connectivity index (χ1n) is 9.58. The second kappa shape index (κ2) is 8.99. The van der Waals surface area contributed by atoms with Crippen molar-refractivity contribution in [2.75, 3.05) is 26.8 Å². The predicted molar refractivity (Wildman–Crippen MR) is 94.3 cm³/mol. The molecule has 2 fully saturated rings. The minimum absolute atomic E-state index is 0.0674. The van der Waals surface area contributed by atoms with Crippen LogP contribution in [0, 0.1) is 11.3 Å². The highest BCUT2D eigenvalue weighted by atomic mass is 16.5. The summed E-state index contributed by atoms with van der Waals surface area (Å²) in [4.78, 5) is 26.4. The third-order valence-corrected chi connectivity index (χ3v) is 5.65. The summed E-state index contributed by atoms with van der Waals surface area (Å²) in [5.41, 5.74) is -1.000. The molecule has 0 radical (unpaired) electrons. The predicted octanol–water partition coefficient (Wildman–Crippen LogP) is 2.70. The van der Waals surface area contributed by atoms with Gasteiger partial charge < -0.3 is 19.5 Å². The van der Waals surface area contributed by atoms with Crippen molar-refractivity contribution in [2.45, 2.75) is 71.0 Å². The molecule has 1 aliphatic carbocycles. The Morgan fingerprint density at radius 1 is 1.32 bits per heavy atom. The quantitative estimate of drug-likeness (QED) is 0.760. The van der Waals surface area contributed by atoms with Gasteiger partial charge in [0.2, 0.25) is 0 Å². The summed E-state index contributed by atoms with van der Waals surface area (Å²) in [5, 5.41) is 9.66. The van der Waals surface area contributed by atoms with Gasteiger partial charge in [-0.15, -0.1) is 0 Å². The zero-order chi connectivity index (χ0) is 18.4. The number of carbonyl (C=O) groups excluding carboxylic acids is 1. The molecule has 25 heavy (non-hydrogen) atoms. The molecule has 2 rings (SSSR count). The minimum Gasteiger partial charge on any atom is -0.481 e. The van der Waals surface area contributed by atoms with Gasteiger partial charge in [-0.25, -0.2) is 0 Å². The monoisotopic (exact) mass is 355 g/mol. The maximum absolute atomic E-state index is 13.0. The highest BCUT2D eigenvalue weighted by Gasteiger charge is 2.45. The second-order valence-corrected chi connectivity index (χ2v) is 7.81. The third kappa shape index (κ3) is 4.94. The number of piperidine rings is 1. The van der Waals surface area contributed by atoms with E-state index in [2.05, 4.69) is 6.92 Å². The maximum atomic E-state index is 13.0. The van der Waals surface area contributed by atoms with Crippen LogP contribution < -0.4 is 0 Å². The summed E-state index contributed by atoms with van der Waals surface area (Å²) in [6.45, 7) is 5.12. The number of ether oxygens (including phenoxy) is 2. The summed E-state index contributed by atoms with van der Waals surface area (Å²) < 4.78 is 11.3. The van der Waals surface area contributed by atoms with E-state index in [1.165, 1.54) is 13.5 Å². The molecule has 6 heteroatoms. The Kier molecular flexibility index (Phi) is 7.25. The van der Waals surface area contributed by atoms with Crippen molar-refractivity contribution < 1.29 is 24.2 Å². The first-order valence-corrected chi connectivity index (χ1v) is 9.58. The number of carboxylic acid groups (broad SMARTS) is 1. The summed E-state index contributed by atoms with van der Waals surface area (Å²) in [6.07, 6.45) is 5.91. The molecular formula is C19H33NO5. The third-order valence-electron chi connectivity index (χ3n) is 5.65. The van der Waals surface area contributed by atoms with E-state index in [1.807, 2.05) is 6.92 Å². The van der Waals surface area contributed by atoms with Gasteiger partial charge in [0.15, 0.2) is 0 Å².